The monoisotopic (exact) mass is 248 g/mol. The molecular weight excluding hydrogens is 224 g/mol. The highest BCUT2D eigenvalue weighted by molar-refractivity contribution is 5.76. The fraction of sp³-hybridized carbons (Fsp3) is 0.533. The molecule has 3 heteroatoms. The van der Waals surface area contributed by atoms with Crippen LogP contribution >= 0.6 is 0 Å². The molecule has 0 aromatic heterocycles. The van der Waals surface area contributed by atoms with Gasteiger partial charge in [0.15, 0.2) is 0 Å². The lowest BCUT2D eigenvalue weighted by atomic mass is 9.87. The summed E-state index contributed by atoms with van der Waals surface area (Å²) in [6.07, 6.45) is 1.25. The highest BCUT2D eigenvalue weighted by Crippen LogP contribution is 2.20. The number of nitrogens with two attached hydrogens (primary N) is 1. The number of rotatable bonds is 5. The predicted octanol–water partition coefficient (Wildman–Crippen LogP) is 2.46. The molecule has 0 saturated carbocycles. The number of hydrogen-bond donors (Lipinski definition) is 2. The summed E-state index contributed by atoms with van der Waals surface area (Å²) < 4.78 is 0. The van der Waals surface area contributed by atoms with Gasteiger partial charge in [-0.25, -0.2) is 0 Å². The molecule has 1 rings (SSSR count). The highest BCUT2D eigenvalue weighted by atomic mass is 16.1. The Kier molecular flexibility index (Phi) is 5.35. The molecule has 1 amide bonds. The molecule has 18 heavy (non-hydrogen) atoms. The van der Waals surface area contributed by atoms with Crippen molar-refractivity contribution in [3.05, 3.63) is 35.9 Å². The Morgan fingerprint density at radius 3 is 2.44 bits per heavy atom. The Balaban J connectivity index is 2.30. The molecular formula is C15H24N2O. The summed E-state index contributed by atoms with van der Waals surface area (Å²) in [5.74, 6) is 0.0237. The van der Waals surface area contributed by atoms with Gasteiger partial charge in [0.1, 0.15) is 0 Å². The first-order valence-corrected chi connectivity index (χ1v) is 6.43. The second kappa shape index (κ2) is 6.55. The minimum atomic E-state index is -0.0687. The molecule has 1 atom stereocenters. The van der Waals surface area contributed by atoms with Gasteiger partial charge in [-0.15, -0.1) is 0 Å². The Bertz CT molecular complexity index is 368. The molecule has 1 unspecified atom stereocenters. The van der Waals surface area contributed by atoms with E-state index in [0.29, 0.717) is 13.0 Å². The molecule has 1 aromatic rings. The van der Waals surface area contributed by atoms with Crippen LogP contribution in [-0.4, -0.2) is 11.9 Å². The maximum atomic E-state index is 11.7. The van der Waals surface area contributed by atoms with Crippen LogP contribution in [0.5, 0.6) is 0 Å². The quantitative estimate of drug-likeness (QED) is 0.841. The average Bonchev–Trinajstić information content (AvgIpc) is 2.25. The Labute approximate surface area is 110 Å². The maximum absolute atomic E-state index is 11.7. The van der Waals surface area contributed by atoms with Crippen molar-refractivity contribution in [1.82, 2.24) is 5.32 Å². The highest BCUT2D eigenvalue weighted by Gasteiger charge is 2.17. The predicted molar refractivity (Wildman–Crippen MR) is 75.0 cm³/mol. The van der Waals surface area contributed by atoms with Gasteiger partial charge in [-0.2, -0.15) is 0 Å². The fourth-order valence-corrected chi connectivity index (χ4v) is 1.97. The van der Waals surface area contributed by atoms with E-state index in [0.717, 1.165) is 12.0 Å². The molecule has 0 aliphatic heterocycles. The number of carbonyl (C=O) groups is 1. The standard InChI is InChI=1S/C15H24N2O/c1-15(2,3)10-13(16)9-14(18)17-11-12-7-5-4-6-8-12/h4-8,13H,9-11,16H2,1-3H3,(H,17,18). The van der Waals surface area contributed by atoms with Crippen LogP contribution in [0.25, 0.3) is 0 Å². The van der Waals surface area contributed by atoms with Crippen LogP contribution in [0.2, 0.25) is 0 Å². The van der Waals surface area contributed by atoms with Gasteiger partial charge in [0.05, 0.1) is 0 Å². The van der Waals surface area contributed by atoms with Crippen molar-refractivity contribution in [3.8, 4) is 0 Å². The summed E-state index contributed by atoms with van der Waals surface area (Å²) >= 11 is 0. The number of nitrogens with one attached hydrogen (secondary N) is 1. The summed E-state index contributed by atoms with van der Waals surface area (Å²) in [6.45, 7) is 6.97. The van der Waals surface area contributed by atoms with E-state index in [1.54, 1.807) is 0 Å². The summed E-state index contributed by atoms with van der Waals surface area (Å²) in [6, 6.07) is 9.82. The number of hydrogen-bond acceptors (Lipinski definition) is 2. The van der Waals surface area contributed by atoms with Crippen molar-refractivity contribution in [1.29, 1.82) is 0 Å². The van der Waals surface area contributed by atoms with Crippen molar-refractivity contribution in [2.75, 3.05) is 0 Å². The molecule has 0 spiro atoms. The number of amides is 1. The molecule has 0 fully saturated rings. The topological polar surface area (TPSA) is 55.1 Å². The second-order valence-corrected chi connectivity index (χ2v) is 5.99. The minimum Gasteiger partial charge on any atom is -0.352 e. The first-order valence-electron chi connectivity index (χ1n) is 6.43. The Morgan fingerprint density at radius 2 is 1.89 bits per heavy atom. The molecule has 3 nitrogen and oxygen atoms in total. The van der Waals surface area contributed by atoms with E-state index in [1.165, 1.54) is 0 Å². The molecule has 0 aliphatic carbocycles. The van der Waals surface area contributed by atoms with E-state index in [1.807, 2.05) is 30.3 Å². The van der Waals surface area contributed by atoms with Crippen LogP contribution in [0.15, 0.2) is 30.3 Å². The average molecular weight is 248 g/mol. The van der Waals surface area contributed by atoms with Gasteiger partial charge in [-0.3, -0.25) is 4.79 Å². The summed E-state index contributed by atoms with van der Waals surface area (Å²) in [5.41, 5.74) is 7.24. The lowest BCUT2D eigenvalue weighted by molar-refractivity contribution is -0.121. The van der Waals surface area contributed by atoms with E-state index >= 15 is 0 Å². The van der Waals surface area contributed by atoms with Gasteiger partial charge in [0.2, 0.25) is 5.91 Å². The smallest absolute Gasteiger partial charge is 0.221 e. The van der Waals surface area contributed by atoms with E-state index in [-0.39, 0.29) is 17.4 Å². The Morgan fingerprint density at radius 1 is 1.28 bits per heavy atom. The zero-order chi connectivity index (χ0) is 13.6. The van der Waals surface area contributed by atoms with Gasteiger partial charge in [-0.1, -0.05) is 51.1 Å². The van der Waals surface area contributed by atoms with E-state index < -0.39 is 0 Å². The largest absolute Gasteiger partial charge is 0.352 e. The van der Waals surface area contributed by atoms with Crippen molar-refractivity contribution < 1.29 is 4.79 Å². The van der Waals surface area contributed by atoms with Crippen molar-refractivity contribution in [2.24, 2.45) is 11.1 Å². The molecule has 0 bridgehead atoms. The lowest BCUT2D eigenvalue weighted by Gasteiger charge is -2.22. The zero-order valence-electron chi connectivity index (χ0n) is 11.6. The molecule has 0 radical (unpaired) electrons. The van der Waals surface area contributed by atoms with Gasteiger partial charge in [0, 0.05) is 19.0 Å². The zero-order valence-corrected chi connectivity index (χ0v) is 11.6. The van der Waals surface area contributed by atoms with Crippen LogP contribution < -0.4 is 11.1 Å². The summed E-state index contributed by atoms with van der Waals surface area (Å²) in [4.78, 5) is 11.7. The third kappa shape index (κ3) is 6.40. The molecule has 0 aliphatic rings. The second-order valence-electron chi connectivity index (χ2n) is 5.99. The molecule has 0 saturated heterocycles. The number of carbonyl (C=O) groups excluding carboxylic acids is 1. The molecule has 100 valence electrons. The van der Waals surface area contributed by atoms with Crippen LogP contribution in [0.1, 0.15) is 39.2 Å². The van der Waals surface area contributed by atoms with Gasteiger partial charge < -0.3 is 11.1 Å². The normalized spacial score (nSPS) is 13.1. The number of benzene rings is 1. The maximum Gasteiger partial charge on any atom is 0.221 e. The van der Waals surface area contributed by atoms with Crippen molar-refractivity contribution in [2.45, 2.75) is 46.2 Å². The molecule has 1 aromatic carbocycles. The molecule has 0 heterocycles. The molecule has 3 N–H and O–H groups in total. The fourth-order valence-electron chi connectivity index (χ4n) is 1.97. The van der Waals surface area contributed by atoms with Crippen LogP contribution in [0.4, 0.5) is 0 Å². The van der Waals surface area contributed by atoms with Gasteiger partial charge in [0.25, 0.3) is 0 Å². The third-order valence-electron chi connectivity index (χ3n) is 2.65. The van der Waals surface area contributed by atoms with E-state index in [2.05, 4.69) is 26.1 Å². The van der Waals surface area contributed by atoms with Crippen LogP contribution in [0, 0.1) is 5.41 Å². The van der Waals surface area contributed by atoms with Gasteiger partial charge >= 0.3 is 0 Å². The summed E-state index contributed by atoms with van der Waals surface area (Å²) in [7, 11) is 0. The van der Waals surface area contributed by atoms with Gasteiger partial charge in [-0.05, 0) is 17.4 Å². The Hall–Kier alpha value is -1.35. The summed E-state index contributed by atoms with van der Waals surface area (Å²) in [5, 5.41) is 2.90. The first-order chi connectivity index (χ1) is 8.37. The first kappa shape index (κ1) is 14.7. The van der Waals surface area contributed by atoms with E-state index in [4.69, 9.17) is 5.73 Å². The van der Waals surface area contributed by atoms with Crippen LogP contribution in [0.3, 0.4) is 0 Å². The van der Waals surface area contributed by atoms with Crippen molar-refractivity contribution >= 4 is 5.91 Å². The lowest BCUT2D eigenvalue weighted by Crippen LogP contribution is -2.33. The van der Waals surface area contributed by atoms with Crippen molar-refractivity contribution in [3.63, 3.8) is 0 Å². The minimum absolute atomic E-state index is 0.0237. The van der Waals surface area contributed by atoms with E-state index in [9.17, 15) is 4.79 Å². The van der Waals surface area contributed by atoms with Crippen LogP contribution in [-0.2, 0) is 11.3 Å². The SMILES string of the molecule is CC(C)(C)CC(N)CC(=O)NCc1ccccc1. The third-order valence-corrected chi connectivity index (χ3v) is 2.65.